The largest absolute Gasteiger partial charge is 0.481 e. The van der Waals surface area contributed by atoms with Gasteiger partial charge in [0.25, 0.3) is 0 Å². The highest BCUT2D eigenvalue weighted by atomic mass is 16.4. The van der Waals surface area contributed by atoms with E-state index < -0.39 is 11.4 Å². The van der Waals surface area contributed by atoms with Crippen LogP contribution in [-0.2, 0) is 4.79 Å². The molecule has 3 rings (SSSR count). The summed E-state index contributed by atoms with van der Waals surface area (Å²) in [6, 6.07) is 0. The zero-order chi connectivity index (χ0) is 8.11. The quantitative estimate of drug-likeness (QED) is 0.578. The number of piperidine rings is 2. The van der Waals surface area contributed by atoms with Crippen molar-refractivity contribution < 1.29 is 9.90 Å². The Kier molecular flexibility index (Phi) is 1.15. The van der Waals surface area contributed by atoms with Gasteiger partial charge in [-0.05, 0) is 18.3 Å². The fraction of sp³-hybridized carbons (Fsp3) is 0.875. The summed E-state index contributed by atoms with van der Waals surface area (Å²) in [5, 5.41) is 12.1. The van der Waals surface area contributed by atoms with Gasteiger partial charge in [0.15, 0.2) is 0 Å². The highest BCUT2D eigenvalue weighted by Crippen LogP contribution is 2.56. The normalized spacial score (nSPS) is 48.1. The van der Waals surface area contributed by atoms with E-state index in [1.807, 2.05) is 0 Å². The van der Waals surface area contributed by atoms with Crippen LogP contribution >= 0.6 is 0 Å². The standard InChI is InChI=1S/C8H13NO2/c1-7-2-8(3-7,6(10)11)5-9-4-7/h9H,2-5H2,1H3,(H,10,11). The van der Waals surface area contributed by atoms with Gasteiger partial charge < -0.3 is 10.4 Å². The lowest BCUT2D eigenvalue weighted by atomic mass is 9.51. The molecule has 3 nitrogen and oxygen atoms in total. The molecule has 1 aliphatic carbocycles. The first kappa shape index (κ1) is 7.10. The second kappa shape index (κ2) is 1.78. The number of fused-ring (bicyclic) bond motifs is 2. The maximum absolute atomic E-state index is 10.8. The van der Waals surface area contributed by atoms with E-state index in [1.165, 1.54) is 0 Å². The van der Waals surface area contributed by atoms with Crippen molar-refractivity contribution in [1.82, 2.24) is 5.32 Å². The molecule has 0 radical (unpaired) electrons. The summed E-state index contributed by atoms with van der Waals surface area (Å²) in [6.45, 7) is 3.81. The van der Waals surface area contributed by atoms with Crippen LogP contribution in [0.5, 0.6) is 0 Å². The number of nitrogens with one attached hydrogen (secondary N) is 1. The molecule has 2 bridgehead atoms. The fourth-order valence-electron chi connectivity index (χ4n) is 2.66. The van der Waals surface area contributed by atoms with E-state index in [1.54, 1.807) is 0 Å². The number of hydrogen-bond donors (Lipinski definition) is 2. The third-order valence-corrected chi connectivity index (χ3v) is 3.00. The highest BCUT2D eigenvalue weighted by molar-refractivity contribution is 5.77. The summed E-state index contributed by atoms with van der Waals surface area (Å²) in [6.07, 6.45) is 1.73. The first-order chi connectivity index (χ1) is 5.06. The van der Waals surface area contributed by atoms with Crippen molar-refractivity contribution in [2.45, 2.75) is 19.8 Å². The molecule has 62 valence electrons. The van der Waals surface area contributed by atoms with Crippen molar-refractivity contribution >= 4 is 5.97 Å². The SMILES string of the molecule is CC12CNCC(C(=O)O)(C1)C2. The molecule has 2 saturated heterocycles. The van der Waals surface area contributed by atoms with E-state index in [2.05, 4.69) is 12.2 Å². The van der Waals surface area contributed by atoms with Crippen molar-refractivity contribution in [2.24, 2.45) is 10.8 Å². The number of carboxylic acid groups (broad SMARTS) is 1. The topological polar surface area (TPSA) is 49.3 Å². The minimum atomic E-state index is -0.623. The van der Waals surface area contributed by atoms with Gasteiger partial charge in [-0.15, -0.1) is 0 Å². The van der Waals surface area contributed by atoms with Gasteiger partial charge in [-0.1, -0.05) is 6.92 Å². The fourth-order valence-corrected chi connectivity index (χ4v) is 2.66. The van der Waals surface area contributed by atoms with Gasteiger partial charge in [0.05, 0.1) is 5.41 Å². The Labute approximate surface area is 65.8 Å². The van der Waals surface area contributed by atoms with Gasteiger partial charge in [0, 0.05) is 13.1 Å². The number of aliphatic carboxylic acids is 1. The van der Waals surface area contributed by atoms with Crippen LogP contribution in [0.25, 0.3) is 0 Å². The Morgan fingerprint density at radius 1 is 1.45 bits per heavy atom. The molecule has 3 fully saturated rings. The Bertz CT molecular complexity index is 206. The van der Waals surface area contributed by atoms with Crippen molar-refractivity contribution in [2.75, 3.05) is 13.1 Å². The first-order valence-corrected chi connectivity index (χ1v) is 4.01. The van der Waals surface area contributed by atoms with Crippen LogP contribution in [0.3, 0.4) is 0 Å². The van der Waals surface area contributed by atoms with Crippen LogP contribution in [0.15, 0.2) is 0 Å². The average Bonchev–Trinajstić information content (AvgIpc) is 1.85. The molecule has 0 atom stereocenters. The zero-order valence-electron chi connectivity index (χ0n) is 6.68. The van der Waals surface area contributed by atoms with Crippen LogP contribution in [-0.4, -0.2) is 24.2 Å². The molecular weight excluding hydrogens is 142 g/mol. The first-order valence-electron chi connectivity index (χ1n) is 4.01. The minimum Gasteiger partial charge on any atom is -0.481 e. The van der Waals surface area contributed by atoms with Crippen LogP contribution in [0.2, 0.25) is 0 Å². The summed E-state index contributed by atoms with van der Waals surface area (Å²) in [5.74, 6) is -0.623. The number of hydrogen-bond acceptors (Lipinski definition) is 2. The Morgan fingerprint density at radius 2 is 2.09 bits per heavy atom. The van der Waals surface area contributed by atoms with E-state index >= 15 is 0 Å². The van der Waals surface area contributed by atoms with Crippen molar-refractivity contribution in [1.29, 1.82) is 0 Å². The second-order valence-corrected chi connectivity index (χ2v) is 4.35. The van der Waals surface area contributed by atoms with E-state index in [0.717, 1.165) is 19.4 Å². The number of rotatable bonds is 1. The van der Waals surface area contributed by atoms with Gasteiger partial charge in [-0.25, -0.2) is 0 Å². The van der Waals surface area contributed by atoms with Crippen LogP contribution in [0.1, 0.15) is 19.8 Å². The van der Waals surface area contributed by atoms with E-state index in [4.69, 9.17) is 5.11 Å². The predicted molar refractivity (Wildman–Crippen MR) is 40.3 cm³/mol. The monoisotopic (exact) mass is 155 g/mol. The van der Waals surface area contributed by atoms with E-state index in [9.17, 15) is 4.79 Å². The van der Waals surface area contributed by atoms with Gasteiger partial charge in [0.1, 0.15) is 0 Å². The van der Waals surface area contributed by atoms with Crippen LogP contribution in [0.4, 0.5) is 0 Å². The van der Waals surface area contributed by atoms with Crippen molar-refractivity contribution in [3.8, 4) is 0 Å². The van der Waals surface area contributed by atoms with Gasteiger partial charge in [0.2, 0.25) is 0 Å². The summed E-state index contributed by atoms with van der Waals surface area (Å²) in [5.41, 5.74) is -0.135. The zero-order valence-corrected chi connectivity index (χ0v) is 6.68. The Hall–Kier alpha value is -0.570. The lowest BCUT2D eigenvalue weighted by Crippen LogP contribution is -2.63. The third kappa shape index (κ3) is 0.805. The maximum Gasteiger partial charge on any atom is 0.310 e. The van der Waals surface area contributed by atoms with Gasteiger partial charge >= 0.3 is 5.97 Å². The molecule has 0 aromatic carbocycles. The van der Waals surface area contributed by atoms with E-state index in [0.29, 0.717) is 6.54 Å². The molecule has 2 heterocycles. The summed E-state index contributed by atoms with van der Waals surface area (Å²) < 4.78 is 0. The van der Waals surface area contributed by atoms with Gasteiger partial charge in [-0.3, -0.25) is 4.79 Å². The molecule has 0 amide bonds. The molecule has 1 saturated carbocycles. The minimum absolute atomic E-state index is 0.274. The molecule has 0 unspecified atom stereocenters. The Morgan fingerprint density at radius 3 is 2.45 bits per heavy atom. The summed E-state index contributed by atoms with van der Waals surface area (Å²) in [7, 11) is 0. The third-order valence-electron chi connectivity index (χ3n) is 3.00. The molecule has 3 aliphatic rings. The van der Waals surface area contributed by atoms with E-state index in [-0.39, 0.29) is 5.41 Å². The number of carbonyl (C=O) groups is 1. The predicted octanol–water partition coefficient (Wildman–Crippen LogP) is 0.461. The lowest BCUT2D eigenvalue weighted by Gasteiger charge is -2.57. The van der Waals surface area contributed by atoms with Crippen molar-refractivity contribution in [3.63, 3.8) is 0 Å². The lowest BCUT2D eigenvalue weighted by molar-refractivity contribution is -0.169. The average molecular weight is 155 g/mol. The molecule has 0 spiro atoms. The smallest absolute Gasteiger partial charge is 0.310 e. The summed E-state index contributed by atoms with van der Waals surface area (Å²) in [4.78, 5) is 10.8. The summed E-state index contributed by atoms with van der Waals surface area (Å²) >= 11 is 0. The maximum atomic E-state index is 10.8. The molecule has 2 N–H and O–H groups in total. The second-order valence-electron chi connectivity index (χ2n) is 4.35. The molecule has 0 aromatic heterocycles. The molecule has 3 heteroatoms. The van der Waals surface area contributed by atoms with Gasteiger partial charge in [-0.2, -0.15) is 0 Å². The van der Waals surface area contributed by atoms with Crippen molar-refractivity contribution in [3.05, 3.63) is 0 Å². The number of carboxylic acids is 1. The molecule has 11 heavy (non-hydrogen) atoms. The van der Waals surface area contributed by atoms with Crippen LogP contribution in [0, 0.1) is 10.8 Å². The molecular formula is C8H13NO2. The molecule has 2 aliphatic heterocycles. The molecule has 0 aromatic rings. The highest BCUT2D eigenvalue weighted by Gasteiger charge is 2.59. The van der Waals surface area contributed by atoms with Crippen LogP contribution < -0.4 is 5.32 Å². The Balaban J connectivity index is 2.16.